The summed E-state index contributed by atoms with van der Waals surface area (Å²) in [5.74, 6) is 1.15. The van der Waals surface area contributed by atoms with Crippen molar-refractivity contribution in [1.82, 2.24) is 9.88 Å². The molecule has 0 radical (unpaired) electrons. The number of aromatic nitrogens is 1. The van der Waals surface area contributed by atoms with E-state index in [1.165, 1.54) is 0 Å². The number of aliphatic hydroxyl groups is 1. The van der Waals surface area contributed by atoms with E-state index in [1.807, 2.05) is 60.5 Å². The third kappa shape index (κ3) is 4.68. The highest BCUT2D eigenvalue weighted by Gasteiger charge is 2.53. The lowest BCUT2D eigenvalue weighted by molar-refractivity contribution is -0.140. The molecule has 2 aromatic carbocycles. The third-order valence-corrected chi connectivity index (χ3v) is 7.37. The molecule has 5 rings (SSSR count). The van der Waals surface area contributed by atoms with Gasteiger partial charge >= 0.3 is 0 Å². The van der Waals surface area contributed by atoms with Gasteiger partial charge in [-0.05, 0) is 49.2 Å². The van der Waals surface area contributed by atoms with E-state index in [0.717, 1.165) is 27.4 Å². The highest BCUT2D eigenvalue weighted by Crippen LogP contribution is 2.38. The van der Waals surface area contributed by atoms with Crippen molar-refractivity contribution in [3.63, 3.8) is 0 Å². The lowest BCUT2D eigenvalue weighted by atomic mass is 9.85. The molecule has 3 aromatic rings. The van der Waals surface area contributed by atoms with Crippen molar-refractivity contribution in [2.24, 2.45) is 4.99 Å². The molecule has 3 heterocycles. The molecule has 1 spiro atoms. The van der Waals surface area contributed by atoms with Crippen LogP contribution in [0.5, 0.6) is 5.75 Å². The summed E-state index contributed by atoms with van der Waals surface area (Å²) in [6.45, 7) is 5.41. The minimum Gasteiger partial charge on any atom is -0.494 e. The zero-order chi connectivity index (χ0) is 24.4. The summed E-state index contributed by atoms with van der Waals surface area (Å²) in [4.78, 5) is 25.6. The topological polar surface area (TPSA) is 84.2 Å². The number of hydrogen-bond acceptors (Lipinski definition) is 7. The van der Waals surface area contributed by atoms with Crippen LogP contribution in [0.25, 0.3) is 0 Å². The van der Waals surface area contributed by atoms with E-state index >= 15 is 0 Å². The van der Waals surface area contributed by atoms with E-state index in [4.69, 9.17) is 19.6 Å². The fraction of sp³-hybridized carbons (Fsp3) is 0.370. The van der Waals surface area contributed by atoms with Crippen LogP contribution in [-0.2, 0) is 29.0 Å². The van der Waals surface area contributed by atoms with Gasteiger partial charge in [0.05, 0.1) is 23.9 Å². The van der Waals surface area contributed by atoms with Crippen LogP contribution in [0.2, 0.25) is 0 Å². The van der Waals surface area contributed by atoms with E-state index < -0.39 is 11.6 Å². The van der Waals surface area contributed by atoms with Gasteiger partial charge in [-0.1, -0.05) is 24.3 Å². The molecule has 0 aliphatic carbocycles. The standard InChI is InChI=1S/C27H29N3O4S/c1-18-27(29-25(34-18)20-8-10-24(11-9-20)33-13-5-12-31)14-21-6-3-4-7-22(21)15-30(26(27)32)16-23-17-35-19(2)28-23/h3-4,6-11,17-18,31H,5,12-16H2,1-2H3/t18-,27-/m1/s1. The van der Waals surface area contributed by atoms with Gasteiger partial charge in [0.15, 0.2) is 5.54 Å². The Morgan fingerprint density at radius 1 is 1.20 bits per heavy atom. The summed E-state index contributed by atoms with van der Waals surface area (Å²) in [7, 11) is 0. The van der Waals surface area contributed by atoms with Gasteiger partial charge in [0.1, 0.15) is 11.9 Å². The Morgan fingerprint density at radius 3 is 2.69 bits per heavy atom. The van der Waals surface area contributed by atoms with Gasteiger partial charge in [-0.2, -0.15) is 0 Å². The van der Waals surface area contributed by atoms with Crippen LogP contribution < -0.4 is 4.74 Å². The highest BCUT2D eigenvalue weighted by atomic mass is 32.1. The molecule has 1 N–H and O–H groups in total. The van der Waals surface area contributed by atoms with E-state index in [1.54, 1.807) is 11.3 Å². The number of rotatable bonds is 7. The first kappa shape index (κ1) is 23.5. The minimum atomic E-state index is -1.04. The molecule has 182 valence electrons. The lowest BCUT2D eigenvalue weighted by Gasteiger charge is -2.31. The van der Waals surface area contributed by atoms with Crippen LogP contribution in [0.3, 0.4) is 0 Å². The van der Waals surface area contributed by atoms with Crippen molar-refractivity contribution < 1.29 is 19.4 Å². The second kappa shape index (κ2) is 9.79. The number of amides is 1. The number of nitrogens with zero attached hydrogens (tertiary/aromatic N) is 3. The minimum absolute atomic E-state index is 0.0363. The van der Waals surface area contributed by atoms with Gasteiger partial charge in [-0.3, -0.25) is 4.79 Å². The number of aliphatic hydroxyl groups excluding tert-OH is 1. The maximum absolute atomic E-state index is 14.1. The molecule has 2 atom stereocenters. The molecule has 1 amide bonds. The van der Waals surface area contributed by atoms with Crippen LogP contribution in [0, 0.1) is 6.92 Å². The molecule has 0 saturated carbocycles. The van der Waals surface area contributed by atoms with Crippen molar-refractivity contribution in [2.45, 2.75) is 51.4 Å². The fourth-order valence-electron chi connectivity index (χ4n) is 4.65. The molecule has 0 saturated heterocycles. The number of carbonyl (C=O) groups excluding carboxylic acids is 1. The smallest absolute Gasteiger partial charge is 0.255 e. The second-order valence-electron chi connectivity index (χ2n) is 9.02. The number of hydrogen-bond donors (Lipinski definition) is 1. The fourth-order valence-corrected chi connectivity index (χ4v) is 5.26. The summed E-state index contributed by atoms with van der Waals surface area (Å²) in [6.07, 6.45) is 0.649. The molecule has 2 aliphatic rings. The Morgan fingerprint density at radius 2 is 1.97 bits per heavy atom. The average molecular weight is 492 g/mol. The Labute approximate surface area is 209 Å². The lowest BCUT2D eigenvalue weighted by Crippen LogP contribution is -2.52. The van der Waals surface area contributed by atoms with Gasteiger partial charge in [-0.25, -0.2) is 9.98 Å². The van der Waals surface area contributed by atoms with Crippen LogP contribution in [-0.4, -0.2) is 51.7 Å². The Hall–Kier alpha value is -3.23. The van der Waals surface area contributed by atoms with Gasteiger partial charge in [0.25, 0.3) is 5.91 Å². The summed E-state index contributed by atoms with van der Waals surface area (Å²) in [5.41, 5.74) is 2.90. The number of thiazole rings is 1. The Balaban J connectivity index is 1.48. The molecule has 35 heavy (non-hydrogen) atoms. The molecule has 0 bridgehead atoms. The predicted molar refractivity (Wildman–Crippen MR) is 135 cm³/mol. The maximum atomic E-state index is 14.1. The molecule has 0 fully saturated rings. The molecule has 2 aliphatic heterocycles. The summed E-state index contributed by atoms with van der Waals surface area (Å²) in [5, 5.41) is 11.9. The normalized spacial score (nSPS) is 21.5. The maximum Gasteiger partial charge on any atom is 0.255 e. The van der Waals surface area contributed by atoms with Crippen molar-refractivity contribution in [2.75, 3.05) is 13.2 Å². The van der Waals surface area contributed by atoms with E-state index in [2.05, 4.69) is 17.1 Å². The van der Waals surface area contributed by atoms with E-state index in [0.29, 0.717) is 44.2 Å². The summed E-state index contributed by atoms with van der Waals surface area (Å²) < 4.78 is 11.9. The van der Waals surface area contributed by atoms with Gasteiger partial charge < -0.3 is 19.5 Å². The predicted octanol–water partition coefficient (Wildman–Crippen LogP) is 3.90. The van der Waals surface area contributed by atoms with Crippen molar-refractivity contribution >= 4 is 23.1 Å². The van der Waals surface area contributed by atoms with E-state index in [-0.39, 0.29) is 12.5 Å². The molecule has 8 heteroatoms. The highest BCUT2D eigenvalue weighted by molar-refractivity contribution is 7.09. The first-order valence-electron chi connectivity index (χ1n) is 11.9. The first-order valence-corrected chi connectivity index (χ1v) is 12.7. The average Bonchev–Trinajstić information content (AvgIpc) is 3.39. The number of aliphatic imine (C=N–C) groups is 1. The monoisotopic (exact) mass is 491 g/mol. The summed E-state index contributed by atoms with van der Waals surface area (Å²) >= 11 is 1.59. The molecule has 7 nitrogen and oxygen atoms in total. The molecular weight excluding hydrogens is 462 g/mol. The van der Waals surface area contributed by atoms with E-state index in [9.17, 15) is 4.79 Å². The Bertz CT molecular complexity index is 1240. The number of benzene rings is 2. The second-order valence-corrected chi connectivity index (χ2v) is 10.1. The molecule has 0 unspecified atom stereocenters. The quantitative estimate of drug-likeness (QED) is 0.507. The van der Waals surface area contributed by atoms with Crippen molar-refractivity contribution in [3.05, 3.63) is 81.3 Å². The van der Waals surface area contributed by atoms with Gasteiger partial charge in [0, 0.05) is 36.9 Å². The number of fused-ring (bicyclic) bond motifs is 1. The van der Waals surface area contributed by atoms with Crippen molar-refractivity contribution in [3.8, 4) is 5.75 Å². The zero-order valence-corrected chi connectivity index (χ0v) is 20.8. The zero-order valence-electron chi connectivity index (χ0n) is 19.9. The van der Waals surface area contributed by atoms with Crippen LogP contribution in [0.1, 0.15) is 40.7 Å². The molecule has 1 aromatic heterocycles. The van der Waals surface area contributed by atoms with Crippen LogP contribution in [0.15, 0.2) is 58.9 Å². The van der Waals surface area contributed by atoms with Crippen LogP contribution >= 0.6 is 11.3 Å². The summed E-state index contributed by atoms with van der Waals surface area (Å²) in [6, 6.07) is 15.7. The van der Waals surface area contributed by atoms with Crippen molar-refractivity contribution in [1.29, 1.82) is 0 Å². The van der Waals surface area contributed by atoms with Gasteiger partial charge in [-0.15, -0.1) is 11.3 Å². The number of carbonyl (C=O) groups is 1. The number of ether oxygens (including phenoxy) is 2. The number of aryl methyl sites for hydroxylation is 1. The third-order valence-electron chi connectivity index (χ3n) is 6.55. The van der Waals surface area contributed by atoms with Crippen LogP contribution in [0.4, 0.5) is 0 Å². The van der Waals surface area contributed by atoms with Gasteiger partial charge in [0.2, 0.25) is 5.90 Å². The SMILES string of the molecule is Cc1nc(CN2Cc3ccccc3C[C@]3(N=C(c4ccc(OCCCO)cc4)O[C@@H]3C)C2=O)cs1. The first-order chi connectivity index (χ1) is 17.0. The largest absolute Gasteiger partial charge is 0.494 e. The molecular formula is C27H29N3O4S. The Kier molecular flexibility index (Phi) is 6.58.